The van der Waals surface area contributed by atoms with Gasteiger partial charge in [0.2, 0.25) is 5.91 Å². The van der Waals surface area contributed by atoms with Gasteiger partial charge in [-0.25, -0.2) is 14.5 Å². The number of nitrogens with one attached hydrogen (secondary N) is 2. The van der Waals surface area contributed by atoms with Crippen LogP contribution in [0.15, 0.2) is 6.33 Å². The maximum atomic E-state index is 12.5. The molecule has 0 spiro atoms. The third-order valence-corrected chi connectivity index (χ3v) is 4.39. The van der Waals surface area contributed by atoms with Crippen LogP contribution >= 0.6 is 0 Å². The van der Waals surface area contributed by atoms with Crippen molar-refractivity contribution in [2.75, 3.05) is 6.54 Å². The maximum Gasteiger partial charge on any atom is 0.318 e. The van der Waals surface area contributed by atoms with Crippen molar-refractivity contribution in [1.29, 1.82) is 0 Å². The lowest BCUT2D eigenvalue weighted by Gasteiger charge is -2.25. The number of urea groups is 1. The zero-order valence-corrected chi connectivity index (χ0v) is 14.6. The average molecular weight is 334 g/mol. The first-order valence-electron chi connectivity index (χ1n) is 8.60. The summed E-state index contributed by atoms with van der Waals surface area (Å²) in [6.45, 7) is 7.01. The van der Waals surface area contributed by atoms with Gasteiger partial charge in [0, 0.05) is 12.6 Å². The van der Waals surface area contributed by atoms with Crippen molar-refractivity contribution in [3.63, 3.8) is 0 Å². The minimum Gasteiger partial charge on any atom is -0.352 e. The Bertz CT molecular complexity index is 616. The normalized spacial score (nSPS) is 21.0. The van der Waals surface area contributed by atoms with Crippen LogP contribution in [-0.2, 0) is 16.9 Å². The van der Waals surface area contributed by atoms with Gasteiger partial charge in [-0.2, -0.15) is 5.10 Å². The molecule has 0 radical (unpaired) electrons. The smallest absolute Gasteiger partial charge is 0.318 e. The van der Waals surface area contributed by atoms with Crippen LogP contribution in [0, 0.1) is 0 Å². The molecular formula is C16H26N6O2. The van der Waals surface area contributed by atoms with E-state index in [4.69, 9.17) is 0 Å². The van der Waals surface area contributed by atoms with Crippen molar-refractivity contribution in [2.45, 2.75) is 70.6 Å². The Balaban J connectivity index is 1.58. The second-order valence-electron chi connectivity index (χ2n) is 7.55. The largest absolute Gasteiger partial charge is 0.352 e. The van der Waals surface area contributed by atoms with Crippen LogP contribution < -0.4 is 10.6 Å². The maximum absolute atomic E-state index is 12.5. The minimum atomic E-state index is -0.355. The zero-order valence-electron chi connectivity index (χ0n) is 14.6. The van der Waals surface area contributed by atoms with Gasteiger partial charge in [-0.3, -0.25) is 4.79 Å². The number of hydrogen-bond acceptors (Lipinski definition) is 4. The summed E-state index contributed by atoms with van der Waals surface area (Å²) >= 11 is 0. The number of aromatic nitrogens is 3. The predicted octanol–water partition coefficient (Wildman–Crippen LogP) is 0.986. The molecule has 2 aliphatic rings. The summed E-state index contributed by atoms with van der Waals surface area (Å²) in [5.41, 5.74) is -0.198. The van der Waals surface area contributed by atoms with Gasteiger partial charge in [0.25, 0.3) is 0 Å². The fourth-order valence-corrected chi connectivity index (χ4v) is 3.01. The third-order valence-electron chi connectivity index (χ3n) is 4.39. The van der Waals surface area contributed by atoms with Gasteiger partial charge in [-0.05, 0) is 46.5 Å². The van der Waals surface area contributed by atoms with Crippen molar-refractivity contribution in [2.24, 2.45) is 0 Å². The first-order valence-corrected chi connectivity index (χ1v) is 8.60. The van der Waals surface area contributed by atoms with Crippen LogP contribution in [0.25, 0.3) is 0 Å². The molecule has 1 aliphatic carbocycles. The number of amides is 3. The standard InChI is InChI=1S/C16H26N6O2/c1-16(2,3)22-13(18-10-19-22)9-17-15(24)21-8-4-5-12(21)14(23)20-11-6-7-11/h10-12H,4-9H2,1-3H3,(H,17,24)(H,20,23)/t12-/m1/s1. The monoisotopic (exact) mass is 334 g/mol. The Kier molecular flexibility index (Phi) is 4.47. The molecule has 8 heteroatoms. The lowest BCUT2D eigenvalue weighted by molar-refractivity contribution is -0.124. The molecule has 2 N–H and O–H groups in total. The Labute approximate surface area is 142 Å². The number of rotatable bonds is 4. The molecule has 1 saturated carbocycles. The number of likely N-dealkylation sites (tertiary alicyclic amines) is 1. The minimum absolute atomic E-state index is 0.0250. The topological polar surface area (TPSA) is 92.2 Å². The van der Waals surface area contributed by atoms with Crippen LogP contribution in [0.2, 0.25) is 0 Å². The summed E-state index contributed by atoms with van der Waals surface area (Å²) in [5, 5.41) is 10.1. The van der Waals surface area contributed by atoms with E-state index in [-0.39, 0.29) is 23.5 Å². The summed E-state index contributed by atoms with van der Waals surface area (Å²) in [7, 11) is 0. The molecular weight excluding hydrogens is 308 g/mol. The molecule has 3 amide bonds. The highest BCUT2D eigenvalue weighted by Crippen LogP contribution is 2.22. The van der Waals surface area contributed by atoms with Crippen molar-refractivity contribution < 1.29 is 9.59 Å². The molecule has 1 aromatic heterocycles. The molecule has 0 unspecified atom stereocenters. The predicted molar refractivity (Wildman–Crippen MR) is 88.1 cm³/mol. The van der Waals surface area contributed by atoms with E-state index < -0.39 is 0 Å². The molecule has 8 nitrogen and oxygen atoms in total. The fraction of sp³-hybridized carbons (Fsp3) is 0.750. The van der Waals surface area contributed by atoms with Gasteiger partial charge >= 0.3 is 6.03 Å². The van der Waals surface area contributed by atoms with Gasteiger partial charge in [0.05, 0.1) is 12.1 Å². The molecule has 24 heavy (non-hydrogen) atoms. The third kappa shape index (κ3) is 3.68. The lowest BCUT2D eigenvalue weighted by Crippen LogP contribution is -2.50. The van der Waals surface area contributed by atoms with Gasteiger partial charge in [-0.15, -0.1) is 0 Å². The average Bonchev–Trinajstić information content (AvgIpc) is 3.04. The molecule has 1 atom stereocenters. The molecule has 1 saturated heterocycles. The van der Waals surface area contributed by atoms with Crippen LogP contribution in [-0.4, -0.2) is 50.2 Å². The van der Waals surface area contributed by atoms with Crippen LogP contribution in [0.5, 0.6) is 0 Å². The van der Waals surface area contributed by atoms with E-state index in [1.54, 1.807) is 9.58 Å². The van der Waals surface area contributed by atoms with Crippen molar-refractivity contribution in [3.05, 3.63) is 12.2 Å². The highest BCUT2D eigenvalue weighted by molar-refractivity contribution is 5.88. The molecule has 1 aliphatic heterocycles. The van der Waals surface area contributed by atoms with E-state index in [0.29, 0.717) is 25.0 Å². The van der Waals surface area contributed by atoms with E-state index >= 15 is 0 Å². The first kappa shape index (κ1) is 16.7. The number of nitrogens with zero attached hydrogens (tertiary/aromatic N) is 4. The van der Waals surface area contributed by atoms with Crippen molar-refractivity contribution in [3.8, 4) is 0 Å². The van der Waals surface area contributed by atoms with E-state index in [1.807, 2.05) is 20.8 Å². The second kappa shape index (κ2) is 6.41. The Morgan fingerprint density at radius 2 is 2.04 bits per heavy atom. The Hall–Kier alpha value is -2.12. The van der Waals surface area contributed by atoms with Crippen LogP contribution in [0.1, 0.15) is 52.3 Å². The summed E-state index contributed by atoms with van der Waals surface area (Å²) in [4.78, 5) is 30.6. The fourth-order valence-electron chi connectivity index (χ4n) is 3.01. The molecule has 3 rings (SSSR count). The lowest BCUT2D eigenvalue weighted by atomic mass is 10.1. The van der Waals surface area contributed by atoms with E-state index in [2.05, 4.69) is 20.7 Å². The summed E-state index contributed by atoms with van der Waals surface area (Å²) in [6, 6.07) is -0.258. The van der Waals surface area contributed by atoms with Crippen molar-refractivity contribution in [1.82, 2.24) is 30.3 Å². The van der Waals surface area contributed by atoms with Crippen LogP contribution in [0.3, 0.4) is 0 Å². The molecule has 0 bridgehead atoms. The SMILES string of the molecule is CC(C)(C)n1ncnc1CNC(=O)N1CCC[C@@H]1C(=O)NC1CC1. The molecule has 2 heterocycles. The molecule has 2 fully saturated rings. The summed E-state index contributed by atoms with van der Waals surface area (Å²) in [6.07, 6.45) is 5.17. The first-order chi connectivity index (χ1) is 11.4. The number of carbonyl (C=O) groups is 2. The van der Waals surface area contributed by atoms with E-state index in [1.165, 1.54) is 6.33 Å². The second-order valence-corrected chi connectivity index (χ2v) is 7.55. The van der Waals surface area contributed by atoms with Gasteiger partial charge in [-0.1, -0.05) is 0 Å². The van der Waals surface area contributed by atoms with E-state index in [9.17, 15) is 9.59 Å². The zero-order chi connectivity index (χ0) is 17.3. The van der Waals surface area contributed by atoms with E-state index in [0.717, 1.165) is 25.7 Å². The highest BCUT2D eigenvalue weighted by Gasteiger charge is 2.36. The quantitative estimate of drug-likeness (QED) is 0.859. The van der Waals surface area contributed by atoms with Gasteiger partial charge in [0.1, 0.15) is 18.2 Å². The molecule has 132 valence electrons. The van der Waals surface area contributed by atoms with Gasteiger partial charge in [0.15, 0.2) is 0 Å². The van der Waals surface area contributed by atoms with Crippen molar-refractivity contribution >= 4 is 11.9 Å². The van der Waals surface area contributed by atoms with Crippen LogP contribution in [0.4, 0.5) is 4.79 Å². The molecule has 0 aromatic carbocycles. The Morgan fingerprint density at radius 1 is 1.29 bits per heavy atom. The Morgan fingerprint density at radius 3 is 2.71 bits per heavy atom. The highest BCUT2D eigenvalue weighted by atomic mass is 16.2. The summed E-state index contributed by atoms with van der Waals surface area (Å²) < 4.78 is 1.80. The number of hydrogen-bond donors (Lipinski definition) is 2. The number of carbonyl (C=O) groups excluding carboxylic acids is 2. The van der Waals surface area contributed by atoms with Gasteiger partial charge < -0.3 is 15.5 Å². The summed E-state index contributed by atoms with van der Waals surface area (Å²) in [5.74, 6) is 0.678. The molecule has 1 aromatic rings.